The van der Waals surface area contributed by atoms with E-state index in [1.807, 2.05) is 43.6 Å². The van der Waals surface area contributed by atoms with Crippen LogP contribution in [0.2, 0.25) is 0 Å². The highest BCUT2D eigenvalue weighted by atomic mass is 32.1. The molecule has 3 atom stereocenters. The first-order valence-corrected chi connectivity index (χ1v) is 15.3. The van der Waals surface area contributed by atoms with E-state index in [0.717, 1.165) is 21.7 Å². The number of ether oxygens (including phenoxy) is 3. The number of aliphatic hydroxyl groups is 1. The van der Waals surface area contributed by atoms with Crippen LogP contribution in [0.15, 0.2) is 29.8 Å². The lowest BCUT2D eigenvalue weighted by Gasteiger charge is -2.34. The molecule has 0 bridgehead atoms. The Morgan fingerprint density at radius 3 is 2.43 bits per heavy atom. The largest absolute Gasteiger partial charge is 0.391 e. The Bertz CT molecular complexity index is 1170. The van der Waals surface area contributed by atoms with Crippen molar-refractivity contribution >= 4 is 41.7 Å². The number of thiol groups is 1. The zero-order chi connectivity index (χ0) is 30.7. The first kappa shape index (κ1) is 33.9. The Balaban J connectivity index is 1.54. The lowest BCUT2D eigenvalue weighted by Crippen LogP contribution is -2.59. The fourth-order valence-corrected chi connectivity index (χ4v) is 5.51. The molecular formula is C29H42N4O7S2. The van der Waals surface area contributed by atoms with Gasteiger partial charge in [0.05, 0.1) is 48.6 Å². The monoisotopic (exact) mass is 622 g/mol. The highest BCUT2D eigenvalue weighted by molar-refractivity contribution is 7.81. The molecule has 3 N–H and O–H groups in total. The van der Waals surface area contributed by atoms with Gasteiger partial charge < -0.3 is 34.9 Å². The van der Waals surface area contributed by atoms with Gasteiger partial charge in [0.1, 0.15) is 18.7 Å². The molecule has 1 aromatic heterocycles. The molecular weight excluding hydrogens is 580 g/mol. The van der Waals surface area contributed by atoms with Crippen LogP contribution >= 0.6 is 24.0 Å². The van der Waals surface area contributed by atoms with Gasteiger partial charge in [0, 0.05) is 30.9 Å². The molecule has 232 valence electrons. The Hall–Kier alpha value is -2.55. The molecule has 1 aliphatic heterocycles. The highest BCUT2D eigenvalue weighted by Gasteiger charge is 2.44. The molecule has 11 nitrogen and oxygen atoms in total. The van der Waals surface area contributed by atoms with Crippen LogP contribution in [0.3, 0.4) is 0 Å². The molecule has 3 rings (SSSR count). The lowest BCUT2D eigenvalue weighted by molar-refractivity contribution is -0.142. The third kappa shape index (κ3) is 10.0. The number of aryl methyl sites for hydroxylation is 1. The second kappa shape index (κ2) is 16.3. The van der Waals surface area contributed by atoms with Crippen LogP contribution in [-0.4, -0.2) is 102 Å². The van der Waals surface area contributed by atoms with Gasteiger partial charge in [-0.15, -0.1) is 11.3 Å². The fourth-order valence-electron chi connectivity index (χ4n) is 4.52. The molecule has 42 heavy (non-hydrogen) atoms. The average molecular weight is 623 g/mol. The smallest absolute Gasteiger partial charge is 0.247 e. The van der Waals surface area contributed by atoms with Crippen LogP contribution < -0.4 is 10.6 Å². The number of nitrogens with one attached hydrogen (secondary N) is 2. The molecule has 0 radical (unpaired) electrons. The molecule has 1 aromatic carbocycles. The molecule has 0 spiro atoms. The van der Waals surface area contributed by atoms with E-state index in [4.69, 9.17) is 14.2 Å². The highest BCUT2D eigenvalue weighted by Crippen LogP contribution is 2.28. The Labute approximate surface area is 256 Å². The summed E-state index contributed by atoms with van der Waals surface area (Å²) in [6.07, 6.45) is -0.765. The maximum atomic E-state index is 13.6. The van der Waals surface area contributed by atoms with Gasteiger partial charge in [-0.2, -0.15) is 12.6 Å². The fraction of sp³-hybridized carbons (Fsp3) is 0.586. The van der Waals surface area contributed by atoms with Crippen LogP contribution in [0.4, 0.5) is 0 Å². The number of amides is 3. The number of benzene rings is 1. The van der Waals surface area contributed by atoms with E-state index < -0.39 is 34.7 Å². The Morgan fingerprint density at radius 1 is 1.14 bits per heavy atom. The topological polar surface area (TPSA) is 139 Å². The van der Waals surface area contributed by atoms with Gasteiger partial charge in [0.25, 0.3) is 0 Å². The summed E-state index contributed by atoms with van der Waals surface area (Å²) >= 11 is 6.12. The summed E-state index contributed by atoms with van der Waals surface area (Å²) in [7, 11) is 0. The van der Waals surface area contributed by atoms with Crippen LogP contribution in [0.1, 0.15) is 38.4 Å². The van der Waals surface area contributed by atoms with Crippen molar-refractivity contribution < 1.29 is 33.7 Å². The lowest BCUT2D eigenvalue weighted by atomic mass is 10.0. The standard InChI is InChI=1S/C29H42N4O7S2/c1-5-38-10-11-39-12-13-40-17-24(35)32-26(29(3,4)41)28(37)33-16-22(34)14-23(33)27(36)30-15-20-6-8-21(9-7-20)25-19(2)31-18-42-25/h6-9,18,22-23,26,34,41H,5,10-17H2,1-4H3,(H,30,36)(H,32,35)/t22-,23+,26-/m1/s1. The Morgan fingerprint density at radius 2 is 1.81 bits per heavy atom. The molecule has 0 unspecified atom stereocenters. The molecule has 2 heterocycles. The third-order valence-corrected chi connectivity index (χ3v) is 7.97. The van der Waals surface area contributed by atoms with E-state index in [1.165, 1.54) is 4.90 Å². The summed E-state index contributed by atoms with van der Waals surface area (Å²) < 4.78 is 15.0. The predicted octanol–water partition coefficient (Wildman–Crippen LogP) is 1.96. The van der Waals surface area contributed by atoms with Gasteiger partial charge >= 0.3 is 0 Å². The summed E-state index contributed by atoms with van der Waals surface area (Å²) in [6, 6.07) is 5.91. The van der Waals surface area contributed by atoms with Crippen LogP contribution in [0.25, 0.3) is 10.4 Å². The van der Waals surface area contributed by atoms with Crippen LogP contribution in [-0.2, 0) is 35.1 Å². The summed E-state index contributed by atoms with van der Waals surface area (Å²) in [5.74, 6) is -1.37. The number of β-amino-alcohol motifs (C(OH)–C–C–N with tert-alkyl or cyclic N) is 1. The number of carbonyl (C=O) groups is 3. The number of aliphatic hydroxyl groups excluding tert-OH is 1. The first-order valence-electron chi connectivity index (χ1n) is 14.0. The summed E-state index contributed by atoms with van der Waals surface area (Å²) in [6.45, 7) is 9.29. The van der Waals surface area contributed by atoms with E-state index in [1.54, 1.807) is 25.2 Å². The summed E-state index contributed by atoms with van der Waals surface area (Å²) in [5, 5.41) is 16.0. The van der Waals surface area contributed by atoms with Gasteiger partial charge in [0.15, 0.2) is 0 Å². The molecule has 0 saturated carbocycles. The normalized spacial score (nSPS) is 17.7. The van der Waals surface area contributed by atoms with Crippen molar-refractivity contribution in [2.75, 3.05) is 46.2 Å². The van der Waals surface area contributed by atoms with E-state index in [2.05, 4.69) is 28.2 Å². The van der Waals surface area contributed by atoms with Crippen molar-refractivity contribution in [1.29, 1.82) is 0 Å². The Kier molecular flexibility index (Phi) is 13.2. The van der Waals surface area contributed by atoms with Crippen molar-refractivity contribution in [3.8, 4) is 10.4 Å². The van der Waals surface area contributed by atoms with Gasteiger partial charge in [-0.3, -0.25) is 14.4 Å². The molecule has 1 aliphatic rings. The van der Waals surface area contributed by atoms with Gasteiger partial charge in [-0.25, -0.2) is 4.98 Å². The van der Waals surface area contributed by atoms with E-state index in [9.17, 15) is 19.5 Å². The van der Waals surface area contributed by atoms with Gasteiger partial charge in [-0.1, -0.05) is 24.3 Å². The maximum Gasteiger partial charge on any atom is 0.247 e. The van der Waals surface area contributed by atoms with Gasteiger partial charge in [-0.05, 0) is 38.8 Å². The number of carbonyl (C=O) groups excluding carboxylic acids is 3. The first-order chi connectivity index (χ1) is 20.0. The van der Waals surface area contributed by atoms with E-state index in [0.29, 0.717) is 26.4 Å². The number of rotatable bonds is 16. The number of nitrogens with zero attached hydrogens (tertiary/aromatic N) is 2. The maximum absolute atomic E-state index is 13.6. The molecule has 1 saturated heterocycles. The molecule has 1 fully saturated rings. The second-order valence-electron chi connectivity index (χ2n) is 10.6. The average Bonchev–Trinajstić information content (AvgIpc) is 3.56. The zero-order valence-electron chi connectivity index (χ0n) is 24.6. The van der Waals surface area contributed by atoms with Crippen molar-refractivity contribution in [2.45, 2.75) is 63.6 Å². The molecule has 0 aliphatic carbocycles. The SMILES string of the molecule is CCOCCOCCOCC(=O)N[C@H](C(=O)N1C[C@H](O)C[C@H]1C(=O)NCc1ccc(-c2scnc2C)cc1)C(C)(C)S. The third-order valence-electron chi connectivity index (χ3n) is 6.73. The van der Waals surface area contributed by atoms with E-state index in [-0.39, 0.29) is 38.6 Å². The van der Waals surface area contributed by atoms with Crippen molar-refractivity contribution in [3.05, 3.63) is 41.0 Å². The minimum Gasteiger partial charge on any atom is -0.391 e. The van der Waals surface area contributed by atoms with Crippen molar-refractivity contribution in [1.82, 2.24) is 20.5 Å². The number of aromatic nitrogens is 1. The van der Waals surface area contributed by atoms with Crippen LogP contribution in [0, 0.1) is 6.92 Å². The second-order valence-corrected chi connectivity index (χ2v) is 12.6. The zero-order valence-corrected chi connectivity index (χ0v) is 26.3. The molecule has 3 amide bonds. The number of hydrogen-bond donors (Lipinski definition) is 4. The molecule has 13 heteroatoms. The predicted molar refractivity (Wildman–Crippen MR) is 163 cm³/mol. The van der Waals surface area contributed by atoms with Crippen molar-refractivity contribution in [3.63, 3.8) is 0 Å². The van der Waals surface area contributed by atoms with Gasteiger partial charge in [0.2, 0.25) is 17.7 Å². The number of likely N-dealkylation sites (tertiary alicyclic amines) is 1. The quantitative estimate of drug-likeness (QED) is 0.165. The number of hydrogen-bond acceptors (Lipinski definition) is 10. The summed E-state index contributed by atoms with van der Waals surface area (Å²) in [4.78, 5) is 46.2. The minimum atomic E-state index is -1.05. The molecule has 2 aromatic rings. The summed E-state index contributed by atoms with van der Waals surface area (Å²) in [5.41, 5.74) is 4.73. The minimum absolute atomic E-state index is 0.0222. The van der Waals surface area contributed by atoms with Crippen molar-refractivity contribution in [2.24, 2.45) is 0 Å². The number of thiazole rings is 1. The van der Waals surface area contributed by atoms with E-state index >= 15 is 0 Å². The van der Waals surface area contributed by atoms with Crippen LogP contribution in [0.5, 0.6) is 0 Å².